The van der Waals surface area contributed by atoms with Crippen LogP contribution >= 0.6 is 0 Å². The van der Waals surface area contributed by atoms with Crippen LogP contribution < -0.4 is 0 Å². The highest BCUT2D eigenvalue weighted by molar-refractivity contribution is 5.89. The third kappa shape index (κ3) is 4.27. The molecule has 0 saturated carbocycles. The third-order valence-corrected chi connectivity index (χ3v) is 5.59. The molecular weight excluding hydrogens is 344 g/mol. The zero-order valence-electron chi connectivity index (χ0n) is 17.6. The van der Waals surface area contributed by atoms with Gasteiger partial charge in [0, 0.05) is 0 Å². The summed E-state index contributed by atoms with van der Waals surface area (Å²) in [5.74, 6) is -0.274. The Labute approximate surface area is 168 Å². The summed E-state index contributed by atoms with van der Waals surface area (Å²) in [5.41, 5.74) is 8.82. The second-order valence-corrected chi connectivity index (χ2v) is 8.34. The summed E-state index contributed by atoms with van der Waals surface area (Å²) in [6.45, 7) is 11.3. The fraction of sp³-hybridized carbons (Fsp3) is 0.346. The van der Waals surface area contributed by atoms with Crippen LogP contribution in [-0.2, 0) is 10.2 Å². The number of rotatable bonds is 4. The largest absolute Gasteiger partial charge is 0.462 e. The van der Waals surface area contributed by atoms with Gasteiger partial charge in [-0.25, -0.2) is 4.79 Å². The van der Waals surface area contributed by atoms with E-state index in [4.69, 9.17) is 4.74 Å². The summed E-state index contributed by atoms with van der Waals surface area (Å²) in [5, 5.41) is 0. The minimum Gasteiger partial charge on any atom is -0.462 e. The van der Waals surface area contributed by atoms with Crippen molar-refractivity contribution in [1.29, 1.82) is 0 Å². The van der Waals surface area contributed by atoms with Gasteiger partial charge < -0.3 is 4.74 Å². The molecule has 0 amide bonds. The fourth-order valence-electron chi connectivity index (χ4n) is 3.87. The molecule has 1 aliphatic carbocycles. The average molecular weight is 375 g/mol. The van der Waals surface area contributed by atoms with Crippen LogP contribution in [0.15, 0.2) is 48.0 Å². The molecule has 2 nitrogen and oxygen atoms in total. The molecule has 0 saturated heterocycles. The van der Waals surface area contributed by atoms with E-state index in [-0.39, 0.29) is 11.4 Å². The number of carbonyl (C=O) groups is 1. The van der Waals surface area contributed by atoms with Crippen LogP contribution in [0.2, 0.25) is 0 Å². The van der Waals surface area contributed by atoms with Crippen LogP contribution in [-0.4, -0.2) is 12.6 Å². The van der Waals surface area contributed by atoms with Gasteiger partial charge in [-0.2, -0.15) is 0 Å². The lowest BCUT2D eigenvalue weighted by molar-refractivity contribution is 0.0526. The number of hydrogen-bond donors (Lipinski definition) is 0. The van der Waals surface area contributed by atoms with E-state index in [0.29, 0.717) is 12.2 Å². The van der Waals surface area contributed by atoms with Crippen molar-refractivity contribution in [3.05, 3.63) is 75.9 Å². The molecule has 0 aliphatic heterocycles. The van der Waals surface area contributed by atoms with Crippen molar-refractivity contribution in [1.82, 2.24) is 0 Å². The van der Waals surface area contributed by atoms with E-state index in [2.05, 4.69) is 58.0 Å². The summed E-state index contributed by atoms with van der Waals surface area (Å²) in [4.78, 5) is 11.8. The van der Waals surface area contributed by atoms with Gasteiger partial charge in [-0.05, 0) is 85.1 Å². The molecule has 0 unspecified atom stereocenters. The molecule has 0 spiro atoms. The molecule has 2 aromatic rings. The van der Waals surface area contributed by atoms with Gasteiger partial charge >= 0.3 is 5.97 Å². The van der Waals surface area contributed by atoms with E-state index in [1.54, 1.807) is 0 Å². The molecule has 2 heteroatoms. The summed E-state index contributed by atoms with van der Waals surface area (Å²) >= 11 is 0. The van der Waals surface area contributed by atoms with E-state index in [0.717, 1.165) is 12.0 Å². The van der Waals surface area contributed by atoms with Crippen LogP contribution in [0, 0.1) is 0 Å². The highest BCUT2D eigenvalue weighted by atomic mass is 16.5. The van der Waals surface area contributed by atoms with Crippen molar-refractivity contribution in [3.8, 4) is 0 Å². The molecular formula is C26H30O2. The van der Waals surface area contributed by atoms with Crippen LogP contribution in [0.5, 0.6) is 0 Å². The summed E-state index contributed by atoms with van der Waals surface area (Å²) in [6, 6.07) is 14.3. The molecule has 146 valence electrons. The number of fused-ring (bicyclic) bond motifs is 1. The molecule has 0 heterocycles. The normalized spacial score (nSPS) is 15.4. The van der Waals surface area contributed by atoms with E-state index in [1.165, 1.54) is 34.3 Å². The van der Waals surface area contributed by atoms with Gasteiger partial charge in [0.1, 0.15) is 0 Å². The number of allylic oxidation sites excluding steroid dienone is 2. The molecule has 28 heavy (non-hydrogen) atoms. The number of benzene rings is 2. The lowest BCUT2D eigenvalue weighted by Gasteiger charge is -2.35. The van der Waals surface area contributed by atoms with Gasteiger partial charge in [-0.15, -0.1) is 0 Å². The maximum Gasteiger partial charge on any atom is 0.338 e. The van der Waals surface area contributed by atoms with E-state index in [1.807, 2.05) is 31.2 Å². The number of hydrogen-bond acceptors (Lipinski definition) is 2. The number of esters is 1. The van der Waals surface area contributed by atoms with Crippen LogP contribution in [0.25, 0.3) is 17.7 Å². The minimum atomic E-state index is -0.274. The Morgan fingerprint density at radius 1 is 1.04 bits per heavy atom. The predicted octanol–water partition coefficient (Wildman–Crippen LogP) is 6.90. The van der Waals surface area contributed by atoms with Crippen molar-refractivity contribution in [2.75, 3.05) is 6.61 Å². The number of ether oxygens (including phenoxy) is 1. The monoisotopic (exact) mass is 374 g/mol. The smallest absolute Gasteiger partial charge is 0.338 e. The van der Waals surface area contributed by atoms with Crippen LogP contribution in [0.4, 0.5) is 0 Å². The Morgan fingerprint density at radius 3 is 2.32 bits per heavy atom. The number of carbonyl (C=O) groups excluding carboxylic acids is 1. The first kappa shape index (κ1) is 20.1. The van der Waals surface area contributed by atoms with E-state index < -0.39 is 0 Å². The molecule has 0 fully saturated rings. The Hall–Kier alpha value is -2.61. The molecule has 0 N–H and O–H groups in total. The van der Waals surface area contributed by atoms with Crippen molar-refractivity contribution in [2.24, 2.45) is 0 Å². The minimum absolute atomic E-state index is 0.222. The lowest BCUT2D eigenvalue weighted by atomic mass is 9.70. The van der Waals surface area contributed by atoms with Crippen LogP contribution in [0.3, 0.4) is 0 Å². The van der Waals surface area contributed by atoms with Crippen molar-refractivity contribution >= 4 is 23.7 Å². The lowest BCUT2D eigenvalue weighted by Crippen LogP contribution is -2.23. The molecule has 3 rings (SSSR count). The second kappa shape index (κ2) is 8.18. The molecule has 2 aromatic carbocycles. The van der Waals surface area contributed by atoms with E-state index in [9.17, 15) is 4.79 Å². The molecule has 1 aliphatic rings. The quantitative estimate of drug-likeness (QED) is 0.430. The van der Waals surface area contributed by atoms with Gasteiger partial charge in [0.15, 0.2) is 0 Å². The Morgan fingerprint density at radius 2 is 1.68 bits per heavy atom. The third-order valence-electron chi connectivity index (χ3n) is 5.59. The van der Waals surface area contributed by atoms with Gasteiger partial charge in [0.25, 0.3) is 0 Å². The van der Waals surface area contributed by atoms with Gasteiger partial charge in [0.2, 0.25) is 0 Å². The zero-order chi connectivity index (χ0) is 20.3. The average Bonchev–Trinajstić information content (AvgIpc) is 2.66. The molecule has 0 aromatic heterocycles. The molecule has 0 atom stereocenters. The van der Waals surface area contributed by atoms with Crippen LogP contribution in [0.1, 0.15) is 80.1 Å². The van der Waals surface area contributed by atoms with Crippen molar-refractivity contribution in [3.63, 3.8) is 0 Å². The standard InChI is InChI=1S/C26H30O2/c1-6-28-25(27)21-12-9-19(10-13-21)7-8-20-11-14-24-23(17-20)22(18(2)3)15-16-26(24,4)5/h7-14,17H,6,15-16H2,1-5H3. The summed E-state index contributed by atoms with van der Waals surface area (Å²) in [6.07, 6.45) is 6.57. The first-order valence-electron chi connectivity index (χ1n) is 10.1. The van der Waals surface area contributed by atoms with E-state index >= 15 is 0 Å². The van der Waals surface area contributed by atoms with Gasteiger partial charge in [-0.1, -0.05) is 55.8 Å². The highest BCUT2D eigenvalue weighted by Gasteiger charge is 2.29. The topological polar surface area (TPSA) is 26.3 Å². The maximum atomic E-state index is 11.8. The zero-order valence-corrected chi connectivity index (χ0v) is 17.6. The molecule has 0 bridgehead atoms. The Kier molecular flexibility index (Phi) is 5.88. The fourth-order valence-corrected chi connectivity index (χ4v) is 3.87. The first-order chi connectivity index (χ1) is 13.3. The first-order valence-corrected chi connectivity index (χ1v) is 10.1. The Balaban J connectivity index is 1.87. The maximum absolute atomic E-state index is 11.8. The van der Waals surface area contributed by atoms with Gasteiger partial charge in [-0.3, -0.25) is 0 Å². The Bertz CT molecular complexity index is 923. The highest BCUT2D eigenvalue weighted by Crippen LogP contribution is 2.43. The van der Waals surface area contributed by atoms with Crippen molar-refractivity contribution < 1.29 is 9.53 Å². The summed E-state index contributed by atoms with van der Waals surface area (Å²) < 4.78 is 5.03. The second-order valence-electron chi connectivity index (χ2n) is 8.34. The summed E-state index contributed by atoms with van der Waals surface area (Å²) in [7, 11) is 0. The van der Waals surface area contributed by atoms with Gasteiger partial charge in [0.05, 0.1) is 12.2 Å². The molecule has 0 radical (unpaired) electrons. The van der Waals surface area contributed by atoms with Crippen molar-refractivity contribution in [2.45, 2.75) is 52.9 Å². The predicted molar refractivity (Wildman–Crippen MR) is 118 cm³/mol. The SMILES string of the molecule is CCOC(=O)c1ccc(C=Cc2ccc3c(c2)C(=C(C)C)CCC3(C)C)cc1.